The Morgan fingerprint density at radius 3 is 2.83 bits per heavy atom. The number of thioether (sulfide) groups is 1. The van der Waals surface area contributed by atoms with E-state index >= 15 is 0 Å². The number of carbonyl (C=O) groups is 2. The van der Waals surface area contributed by atoms with Gasteiger partial charge in [-0.15, -0.1) is 11.8 Å². The summed E-state index contributed by atoms with van der Waals surface area (Å²) < 4.78 is 0.700. The van der Waals surface area contributed by atoms with Crippen LogP contribution in [0, 0.1) is 0 Å². The van der Waals surface area contributed by atoms with Gasteiger partial charge in [-0.3, -0.25) is 4.79 Å². The summed E-state index contributed by atoms with van der Waals surface area (Å²) in [6.07, 6.45) is 0. The molecule has 96 valence electrons. The minimum absolute atomic E-state index is 0.304. The fourth-order valence-electron chi connectivity index (χ4n) is 1.64. The van der Waals surface area contributed by atoms with Gasteiger partial charge in [0.15, 0.2) is 0 Å². The average molecular weight is 351 g/mol. The van der Waals surface area contributed by atoms with Crippen molar-refractivity contribution in [1.29, 1.82) is 0 Å². The van der Waals surface area contributed by atoms with E-state index in [4.69, 9.17) is 16.7 Å². The molecular weight excluding hydrogens is 342 g/mol. The number of benzene rings is 1. The molecule has 0 bridgehead atoms. The Morgan fingerprint density at radius 2 is 2.22 bits per heavy atom. The topological polar surface area (TPSA) is 57.6 Å². The summed E-state index contributed by atoms with van der Waals surface area (Å²) in [7, 11) is 0. The van der Waals surface area contributed by atoms with E-state index in [0.29, 0.717) is 26.7 Å². The summed E-state index contributed by atoms with van der Waals surface area (Å²) in [6.45, 7) is 0. The van der Waals surface area contributed by atoms with Crippen molar-refractivity contribution in [3.63, 3.8) is 0 Å². The Bertz CT molecular complexity index is 511. The van der Waals surface area contributed by atoms with Crippen LogP contribution in [0.4, 0.5) is 0 Å². The van der Waals surface area contributed by atoms with Gasteiger partial charge in [0.25, 0.3) is 5.91 Å². The maximum absolute atomic E-state index is 12.2. The molecule has 1 saturated heterocycles. The molecule has 1 aliphatic heterocycles. The first-order valence-electron chi connectivity index (χ1n) is 5.07. The molecule has 4 nitrogen and oxygen atoms in total. The Hall–Kier alpha value is -0.720. The number of hydrogen-bond acceptors (Lipinski definition) is 3. The predicted octanol–water partition coefficient (Wildman–Crippen LogP) is 2.70. The molecule has 0 radical (unpaired) electrons. The van der Waals surface area contributed by atoms with Crippen LogP contribution >= 0.6 is 39.3 Å². The molecular formula is C11H9BrClNO3S. The maximum atomic E-state index is 12.2. The van der Waals surface area contributed by atoms with Crippen molar-refractivity contribution in [2.24, 2.45) is 0 Å². The molecule has 0 aromatic heterocycles. The van der Waals surface area contributed by atoms with Crippen molar-refractivity contribution in [3.05, 3.63) is 33.3 Å². The monoisotopic (exact) mass is 349 g/mol. The quantitative estimate of drug-likeness (QED) is 0.891. The molecule has 7 heteroatoms. The number of rotatable bonds is 2. The van der Waals surface area contributed by atoms with Crippen molar-refractivity contribution in [2.75, 3.05) is 11.6 Å². The zero-order chi connectivity index (χ0) is 13.3. The minimum atomic E-state index is -0.975. The Morgan fingerprint density at radius 1 is 1.50 bits per heavy atom. The summed E-state index contributed by atoms with van der Waals surface area (Å²) in [5, 5.41) is 9.47. The smallest absolute Gasteiger partial charge is 0.327 e. The second-order valence-electron chi connectivity index (χ2n) is 3.76. The van der Waals surface area contributed by atoms with Crippen LogP contribution in [-0.4, -0.2) is 39.6 Å². The van der Waals surface area contributed by atoms with Crippen LogP contribution in [0.1, 0.15) is 10.4 Å². The van der Waals surface area contributed by atoms with E-state index in [1.54, 1.807) is 12.1 Å². The average Bonchev–Trinajstić information content (AvgIpc) is 2.81. The Balaban J connectivity index is 2.25. The number of aliphatic carboxylic acids is 1. The first kappa shape index (κ1) is 13.7. The van der Waals surface area contributed by atoms with Crippen LogP contribution in [0.15, 0.2) is 22.7 Å². The Kier molecular flexibility index (Phi) is 4.19. The molecule has 0 aliphatic carbocycles. The van der Waals surface area contributed by atoms with Crippen LogP contribution in [0.25, 0.3) is 0 Å². The lowest BCUT2D eigenvalue weighted by atomic mass is 10.2. The number of nitrogens with zero attached hydrogens (tertiary/aromatic N) is 1. The summed E-state index contributed by atoms with van der Waals surface area (Å²) >= 11 is 10.6. The highest BCUT2D eigenvalue weighted by molar-refractivity contribution is 9.10. The summed E-state index contributed by atoms with van der Waals surface area (Å²) in [5.74, 6) is -0.465. The van der Waals surface area contributed by atoms with Gasteiger partial charge in [-0.25, -0.2) is 4.79 Å². The van der Waals surface area contributed by atoms with Gasteiger partial charge in [0.1, 0.15) is 6.04 Å². The van der Waals surface area contributed by atoms with E-state index in [-0.39, 0.29) is 5.91 Å². The molecule has 0 spiro atoms. The molecule has 0 saturated carbocycles. The van der Waals surface area contributed by atoms with Gasteiger partial charge in [0.2, 0.25) is 0 Å². The molecule has 1 unspecified atom stereocenters. The molecule has 1 aromatic carbocycles. The molecule has 1 amide bonds. The number of carboxylic acids is 1. The number of carboxylic acid groups (broad SMARTS) is 1. The highest BCUT2D eigenvalue weighted by atomic mass is 79.9. The van der Waals surface area contributed by atoms with E-state index in [1.807, 2.05) is 0 Å². The third kappa shape index (κ3) is 2.65. The van der Waals surface area contributed by atoms with Gasteiger partial charge in [0, 0.05) is 15.8 Å². The third-order valence-corrected chi connectivity index (χ3v) is 4.84. The number of hydrogen-bond donors (Lipinski definition) is 1. The van der Waals surface area contributed by atoms with Crippen LogP contribution in [0.3, 0.4) is 0 Å². The zero-order valence-electron chi connectivity index (χ0n) is 9.10. The lowest BCUT2D eigenvalue weighted by Crippen LogP contribution is -2.41. The fraction of sp³-hybridized carbons (Fsp3) is 0.273. The molecule has 1 aromatic rings. The van der Waals surface area contributed by atoms with Crippen molar-refractivity contribution >= 4 is 51.2 Å². The minimum Gasteiger partial charge on any atom is -0.480 e. The van der Waals surface area contributed by atoms with Gasteiger partial charge < -0.3 is 10.0 Å². The van der Waals surface area contributed by atoms with Gasteiger partial charge in [-0.2, -0.15) is 0 Å². The predicted molar refractivity (Wildman–Crippen MR) is 74.1 cm³/mol. The molecule has 1 N–H and O–H groups in total. The van der Waals surface area contributed by atoms with Gasteiger partial charge >= 0.3 is 5.97 Å². The first-order valence-corrected chi connectivity index (χ1v) is 7.40. The van der Waals surface area contributed by atoms with E-state index in [0.717, 1.165) is 0 Å². The molecule has 1 fully saturated rings. The van der Waals surface area contributed by atoms with Gasteiger partial charge in [-0.1, -0.05) is 11.6 Å². The summed E-state index contributed by atoms with van der Waals surface area (Å²) in [6, 6.07) is 4.08. The SMILES string of the molecule is O=C(O)C1CSCN1C(=O)c1ccc(Br)c(Cl)c1. The van der Waals surface area contributed by atoms with Crippen molar-refractivity contribution in [1.82, 2.24) is 4.90 Å². The van der Waals surface area contributed by atoms with Crippen molar-refractivity contribution in [3.8, 4) is 0 Å². The summed E-state index contributed by atoms with van der Waals surface area (Å²) in [4.78, 5) is 24.6. The number of amides is 1. The Labute approximate surface area is 121 Å². The standard InChI is InChI=1S/C11H9BrClNO3S/c12-7-2-1-6(3-8(7)13)10(15)14-5-18-4-9(14)11(16)17/h1-3,9H,4-5H2,(H,16,17). The second kappa shape index (κ2) is 5.50. The van der Waals surface area contributed by atoms with Crippen molar-refractivity contribution in [2.45, 2.75) is 6.04 Å². The number of halogens is 2. The normalized spacial score (nSPS) is 19.0. The van der Waals surface area contributed by atoms with Crippen LogP contribution in [-0.2, 0) is 4.79 Å². The van der Waals surface area contributed by atoms with Gasteiger partial charge in [-0.05, 0) is 34.1 Å². The van der Waals surface area contributed by atoms with Crippen LogP contribution in [0.5, 0.6) is 0 Å². The lowest BCUT2D eigenvalue weighted by Gasteiger charge is -2.20. The van der Waals surface area contributed by atoms with Crippen molar-refractivity contribution < 1.29 is 14.7 Å². The molecule has 1 heterocycles. The zero-order valence-corrected chi connectivity index (χ0v) is 12.3. The molecule has 1 atom stereocenters. The second-order valence-corrected chi connectivity index (χ2v) is 6.02. The molecule has 18 heavy (non-hydrogen) atoms. The van der Waals surface area contributed by atoms with E-state index in [9.17, 15) is 9.59 Å². The fourth-order valence-corrected chi connectivity index (χ4v) is 3.21. The van der Waals surface area contributed by atoms with E-state index in [1.165, 1.54) is 22.7 Å². The summed E-state index contributed by atoms with van der Waals surface area (Å²) in [5.41, 5.74) is 0.400. The first-order chi connectivity index (χ1) is 8.50. The van der Waals surface area contributed by atoms with Crippen LogP contribution < -0.4 is 0 Å². The lowest BCUT2D eigenvalue weighted by molar-refractivity contribution is -0.140. The molecule has 1 aliphatic rings. The van der Waals surface area contributed by atoms with Gasteiger partial charge in [0.05, 0.1) is 10.9 Å². The maximum Gasteiger partial charge on any atom is 0.327 e. The number of carbonyl (C=O) groups excluding carboxylic acids is 1. The highest BCUT2D eigenvalue weighted by Gasteiger charge is 2.35. The third-order valence-electron chi connectivity index (χ3n) is 2.59. The molecule has 2 rings (SSSR count). The van der Waals surface area contributed by atoms with Crippen LogP contribution in [0.2, 0.25) is 5.02 Å². The largest absolute Gasteiger partial charge is 0.480 e. The van der Waals surface area contributed by atoms with E-state index < -0.39 is 12.0 Å². The highest BCUT2D eigenvalue weighted by Crippen LogP contribution is 2.27. The van der Waals surface area contributed by atoms with E-state index in [2.05, 4.69) is 15.9 Å².